The Morgan fingerprint density at radius 3 is 2.84 bits per heavy atom. The molecule has 1 aliphatic rings. The summed E-state index contributed by atoms with van der Waals surface area (Å²) < 4.78 is 5.61. The van der Waals surface area contributed by atoms with Crippen LogP contribution in [-0.2, 0) is 4.79 Å². The first kappa shape index (κ1) is 13.7. The Morgan fingerprint density at radius 1 is 1.32 bits per heavy atom. The summed E-state index contributed by atoms with van der Waals surface area (Å²) in [6.07, 6.45) is 4.15. The van der Waals surface area contributed by atoms with E-state index in [1.54, 1.807) is 13.0 Å². The van der Waals surface area contributed by atoms with Crippen LogP contribution in [0.4, 0.5) is 11.4 Å². The molecule has 1 aliphatic heterocycles. The van der Waals surface area contributed by atoms with Gasteiger partial charge in [0.2, 0.25) is 0 Å². The van der Waals surface area contributed by atoms with E-state index in [4.69, 9.17) is 10.5 Å². The Hall–Kier alpha value is -1.71. The zero-order chi connectivity index (χ0) is 13.8. The standard InChI is InChI=1S/C15H22N2O2/c1-3-4-5-6-9-17-13-8-7-12(16)10-14(13)19-11(2)15(17)18/h7-8,10-11H,3-6,9,16H2,1-2H3. The minimum absolute atomic E-state index is 0.0359. The van der Waals surface area contributed by atoms with Gasteiger partial charge in [-0.25, -0.2) is 0 Å². The summed E-state index contributed by atoms with van der Waals surface area (Å²) >= 11 is 0. The number of carbonyl (C=O) groups is 1. The predicted molar refractivity (Wildman–Crippen MR) is 77.4 cm³/mol. The van der Waals surface area contributed by atoms with Gasteiger partial charge in [-0.2, -0.15) is 0 Å². The molecule has 0 fully saturated rings. The van der Waals surface area contributed by atoms with E-state index < -0.39 is 6.10 Å². The molecule has 0 spiro atoms. The van der Waals surface area contributed by atoms with E-state index in [-0.39, 0.29) is 5.91 Å². The fourth-order valence-corrected chi connectivity index (χ4v) is 2.35. The molecule has 0 aromatic heterocycles. The third-order valence-corrected chi connectivity index (χ3v) is 3.43. The highest BCUT2D eigenvalue weighted by Gasteiger charge is 2.30. The van der Waals surface area contributed by atoms with Crippen molar-refractivity contribution in [3.05, 3.63) is 18.2 Å². The van der Waals surface area contributed by atoms with Crippen LogP contribution in [0.1, 0.15) is 39.5 Å². The van der Waals surface area contributed by atoms with Crippen LogP contribution in [-0.4, -0.2) is 18.6 Å². The number of unbranched alkanes of at least 4 members (excludes halogenated alkanes) is 3. The van der Waals surface area contributed by atoms with Gasteiger partial charge in [-0.15, -0.1) is 0 Å². The lowest BCUT2D eigenvalue weighted by Crippen LogP contribution is -2.44. The summed E-state index contributed by atoms with van der Waals surface area (Å²) in [5.41, 5.74) is 7.26. The minimum atomic E-state index is -0.430. The molecular formula is C15H22N2O2. The van der Waals surface area contributed by atoms with Gasteiger partial charge in [0.15, 0.2) is 6.10 Å². The molecule has 1 amide bonds. The Morgan fingerprint density at radius 2 is 2.11 bits per heavy atom. The SMILES string of the molecule is CCCCCCN1C(=O)C(C)Oc2cc(N)ccc21. The molecule has 4 heteroatoms. The summed E-state index contributed by atoms with van der Waals surface area (Å²) in [6, 6.07) is 5.47. The second-order valence-corrected chi connectivity index (χ2v) is 5.04. The fraction of sp³-hybridized carbons (Fsp3) is 0.533. The van der Waals surface area contributed by atoms with Crippen molar-refractivity contribution >= 4 is 17.3 Å². The lowest BCUT2D eigenvalue weighted by atomic mass is 10.1. The number of rotatable bonds is 5. The van der Waals surface area contributed by atoms with Crippen molar-refractivity contribution in [1.82, 2.24) is 0 Å². The summed E-state index contributed by atoms with van der Waals surface area (Å²) in [5.74, 6) is 0.747. The molecule has 0 saturated heterocycles. The van der Waals surface area contributed by atoms with Gasteiger partial charge in [0.1, 0.15) is 5.75 Å². The van der Waals surface area contributed by atoms with Crippen LogP contribution >= 0.6 is 0 Å². The van der Waals surface area contributed by atoms with Crippen molar-refractivity contribution < 1.29 is 9.53 Å². The maximum atomic E-state index is 12.2. The van der Waals surface area contributed by atoms with Gasteiger partial charge in [0.05, 0.1) is 5.69 Å². The molecule has 1 aromatic carbocycles. The summed E-state index contributed by atoms with van der Waals surface area (Å²) in [4.78, 5) is 14.0. The first-order valence-corrected chi connectivity index (χ1v) is 7.01. The molecule has 0 saturated carbocycles. The van der Waals surface area contributed by atoms with E-state index in [0.29, 0.717) is 11.4 Å². The monoisotopic (exact) mass is 262 g/mol. The number of fused-ring (bicyclic) bond motifs is 1. The molecular weight excluding hydrogens is 240 g/mol. The molecule has 4 nitrogen and oxygen atoms in total. The first-order chi connectivity index (χ1) is 9.13. The lowest BCUT2D eigenvalue weighted by molar-refractivity contribution is -0.125. The van der Waals surface area contributed by atoms with Crippen LogP contribution in [0.2, 0.25) is 0 Å². The van der Waals surface area contributed by atoms with Crippen LogP contribution in [0.5, 0.6) is 5.75 Å². The number of nitrogens with zero attached hydrogens (tertiary/aromatic N) is 1. The lowest BCUT2D eigenvalue weighted by Gasteiger charge is -2.33. The molecule has 2 rings (SSSR count). The fourth-order valence-electron chi connectivity index (χ4n) is 2.35. The Bertz CT molecular complexity index is 459. The summed E-state index contributed by atoms with van der Waals surface area (Å²) in [7, 11) is 0. The molecule has 1 unspecified atom stereocenters. The quantitative estimate of drug-likeness (QED) is 0.655. The van der Waals surface area contributed by atoms with Gasteiger partial charge in [-0.1, -0.05) is 26.2 Å². The van der Waals surface area contributed by atoms with E-state index in [0.717, 1.165) is 25.1 Å². The molecule has 2 N–H and O–H groups in total. The molecule has 0 radical (unpaired) electrons. The Kier molecular flexibility index (Phi) is 4.30. The average Bonchev–Trinajstić information content (AvgIpc) is 2.38. The van der Waals surface area contributed by atoms with Gasteiger partial charge in [-0.3, -0.25) is 4.79 Å². The number of carbonyl (C=O) groups excluding carboxylic acids is 1. The van der Waals surface area contributed by atoms with E-state index >= 15 is 0 Å². The van der Waals surface area contributed by atoms with Gasteiger partial charge in [-0.05, 0) is 25.5 Å². The van der Waals surface area contributed by atoms with Gasteiger partial charge in [0, 0.05) is 18.3 Å². The molecule has 1 aromatic rings. The van der Waals surface area contributed by atoms with Crippen molar-refractivity contribution in [2.75, 3.05) is 17.2 Å². The van der Waals surface area contributed by atoms with Gasteiger partial charge >= 0.3 is 0 Å². The summed E-state index contributed by atoms with van der Waals surface area (Å²) in [6.45, 7) is 4.72. The summed E-state index contributed by atoms with van der Waals surface area (Å²) in [5, 5.41) is 0. The number of hydrogen-bond acceptors (Lipinski definition) is 3. The number of hydrogen-bond donors (Lipinski definition) is 1. The van der Waals surface area contributed by atoms with Crippen LogP contribution < -0.4 is 15.4 Å². The number of ether oxygens (including phenoxy) is 1. The normalized spacial score (nSPS) is 18.1. The van der Waals surface area contributed by atoms with E-state index in [1.165, 1.54) is 12.8 Å². The maximum absolute atomic E-state index is 12.2. The second-order valence-electron chi connectivity index (χ2n) is 5.04. The van der Waals surface area contributed by atoms with E-state index in [9.17, 15) is 4.79 Å². The molecule has 0 bridgehead atoms. The number of nitrogen functional groups attached to an aromatic ring is 1. The predicted octanol–water partition coefficient (Wildman–Crippen LogP) is 2.96. The van der Waals surface area contributed by atoms with E-state index in [1.807, 2.05) is 17.0 Å². The minimum Gasteiger partial charge on any atom is -0.479 e. The smallest absolute Gasteiger partial charge is 0.267 e. The highest BCUT2D eigenvalue weighted by Crippen LogP contribution is 2.35. The maximum Gasteiger partial charge on any atom is 0.267 e. The molecule has 0 aliphatic carbocycles. The number of anilines is 2. The van der Waals surface area contributed by atoms with Crippen molar-refractivity contribution in [1.29, 1.82) is 0 Å². The van der Waals surface area contributed by atoms with Crippen molar-refractivity contribution in [3.8, 4) is 5.75 Å². The first-order valence-electron chi connectivity index (χ1n) is 7.01. The van der Waals surface area contributed by atoms with Crippen LogP contribution in [0.25, 0.3) is 0 Å². The third kappa shape index (κ3) is 3.00. The van der Waals surface area contributed by atoms with Crippen LogP contribution in [0, 0.1) is 0 Å². The molecule has 19 heavy (non-hydrogen) atoms. The zero-order valence-electron chi connectivity index (χ0n) is 11.7. The molecule has 1 heterocycles. The number of nitrogens with two attached hydrogens (primary N) is 1. The highest BCUT2D eigenvalue weighted by molar-refractivity contribution is 6.00. The van der Waals surface area contributed by atoms with Crippen molar-refractivity contribution in [2.24, 2.45) is 0 Å². The second kappa shape index (κ2) is 5.95. The zero-order valence-corrected chi connectivity index (χ0v) is 11.7. The van der Waals surface area contributed by atoms with Crippen LogP contribution in [0.3, 0.4) is 0 Å². The van der Waals surface area contributed by atoms with Crippen molar-refractivity contribution in [2.45, 2.75) is 45.6 Å². The van der Waals surface area contributed by atoms with E-state index in [2.05, 4.69) is 6.92 Å². The third-order valence-electron chi connectivity index (χ3n) is 3.43. The molecule has 1 atom stereocenters. The van der Waals surface area contributed by atoms with Gasteiger partial charge < -0.3 is 15.4 Å². The van der Waals surface area contributed by atoms with Crippen LogP contribution in [0.15, 0.2) is 18.2 Å². The van der Waals surface area contributed by atoms with Gasteiger partial charge in [0.25, 0.3) is 5.91 Å². The largest absolute Gasteiger partial charge is 0.479 e. The molecule has 104 valence electrons. The Labute approximate surface area is 114 Å². The number of benzene rings is 1. The van der Waals surface area contributed by atoms with Crippen molar-refractivity contribution in [3.63, 3.8) is 0 Å². The Balaban J connectivity index is 2.14. The average molecular weight is 262 g/mol. The number of amides is 1. The highest BCUT2D eigenvalue weighted by atomic mass is 16.5. The topological polar surface area (TPSA) is 55.6 Å².